The average Bonchev–Trinajstić information content (AvgIpc) is 3.15. The zero-order valence-electron chi connectivity index (χ0n) is 15.2. The molecule has 0 aliphatic rings. The number of methoxy groups -OCH3 is 1. The SMILES string of the molecule is COc1ccccc1Nc1nnc(S[C@@H](C)C(=O)Nc2cccc(C#N)c2)s1. The third-order valence-corrected chi connectivity index (χ3v) is 5.68. The van der Waals surface area contributed by atoms with E-state index in [0.717, 1.165) is 5.69 Å². The molecule has 1 amide bonds. The zero-order chi connectivity index (χ0) is 19.9. The van der Waals surface area contributed by atoms with Crippen LogP contribution >= 0.6 is 23.1 Å². The van der Waals surface area contributed by atoms with E-state index in [1.54, 1.807) is 38.3 Å². The van der Waals surface area contributed by atoms with Crippen molar-refractivity contribution in [1.82, 2.24) is 10.2 Å². The summed E-state index contributed by atoms with van der Waals surface area (Å²) in [6.45, 7) is 1.79. The molecule has 0 saturated heterocycles. The summed E-state index contributed by atoms with van der Waals surface area (Å²) in [6, 6.07) is 16.4. The number of para-hydroxylation sites is 2. The normalized spacial score (nSPS) is 11.3. The molecule has 1 aromatic heterocycles. The van der Waals surface area contributed by atoms with Crippen LogP contribution in [0.5, 0.6) is 5.75 Å². The minimum Gasteiger partial charge on any atom is -0.495 e. The van der Waals surface area contributed by atoms with Crippen molar-refractivity contribution in [2.75, 3.05) is 17.7 Å². The second-order valence-corrected chi connectivity index (χ2v) is 8.21. The third-order valence-electron chi connectivity index (χ3n) is 3.66. The molecule has 0 aliphatic heterocycles. The van der Waals surface area contributed by atoms with Crippen molar-refractivity contribution in [1.29, 1.82) is 5.26 Å². The summed E-state index contributed by atoms with van der Waals surface area (Å²) < 4.78 is 5.98. The molecule has 0 saturated carbocycles. The number of amides is 1. The molecule has 7 nitrogen and oxygen atoms in total. The number of nitriles is 1. The number of ether oxygens (including phenoxy) is 1. The topological polar surface area (TPSA) is 99.9 Å². The van der Waals surface area contributed by atoms with Crippen LogP contribution in [0.4, 0.5) is 16.5 Å². The first-order valence-corrected chi connectivity index (χ1v) is 10.00. The summed E-state index contributed by atoms with van der Waals surface area (Å²) in [5, 5.41) is 23.4. The summed E-state index contributed by atoms with van der Waals surface area (Å²) in [7, 11) is 1.61. The fourth-order valence-corrected chi connectivity index (χ4v) is 4.19. The molecule has 0 unspecified atom stereocenters. The number of hydrogen-bond donors (Lipinski definition) is 2. The summed E-state index contributed by atoms with van der Waals surface area (Å²) >= 11 is 2.67. The Bertz CT molecular complexity index is 1020. The molecule has 9 heteroatoms. The molecule has 0 bridgehead atoms. The number of hydrogen-bond acceptors (Lipinski definition) is 8. The number of nitrogens with zero attached hydrogens (tertiary/aromatic N) is 3. The van der Waals surface area contributed by atoms with Crippen molar-refractivity contribution in [2.24, 2.45) is 0 Å². The zero-order valence-corrected chi connectivity index (χ0v) is 16.8. The molecule has 0 aliphatic carbocycles. The molecule has 28 heavy (non-hydrogen) atoms. The van der Waals surface area contributed by atoms with Crippen LogP contribution in [-0.2, 0) is 4.79 Å². The molecule has 3 rings (SSSR count). The molecule has 0 spiro atoms. The largest absolute Gasteiger partial charge is 0.495 e. The Morgan fingerprint density at radius 2 is 2.07 bits per heavy atom. The highest BCUT2D eigenvalue weighted by atomic mass is 32.2. The Balaban J connectivity index is 1.61. The molecule has 2 aromatic carbocycles. The first kappa shape index (κ1) is 19.7. The van der Waals surface area contributed by atoms with E-state index in [2.05, 4.69) is 26.9 Å². The Morgan fingerprint density at radius 1 is 1.25 bits per heavy atom. The standard InChI is InChI=1S/C19H17N5O2S2/c1-12(17(25)21-14-7-5-6-13(10-14)11-20)27-19-24-23-18(28-19)22-15-8-3-4-9-16(15)26-2/h3-10,12H,1-2H3,(H,21,25)(H,22,23)/t12-/m0/s1. The van der Waals surface area contributed by atoms with Crippen LogP contribution in [-0.4, -0.2) is 28.5 Å². The number of carbonyl (C=O) groups excluding carboxylic acids is 1. The van der Waals surface area contributed by atoms with Gasteiger partial charge in [-0.2, -0.15) is 5.26 Å². The fourth-order valence-electron chi connectivity index (χ4n) is 2.29. The highest BCUT2D eigenvalue weighted by molar-refractivity contribution is 8.02. The van der Waals surface area contributed by atoms with Gasteiger partial charge in [0, 0.05) is 5.69 Å². The first-order valence-electron chi connectivity index (χ1n) is 8.30. The number of anilines is 3. The van der Waals surface area contributed by atoms with Crippen molar-refractivity contribution in [3.63, 3.8) is 0 Å². The van der Waals surface area contributed by atoms with Crippen LogP contribution in [0.15, 0.2) is 52.9 Å². The van der Waals surface area contributed by atoms with Crippen LogP contribution in [0, 0.1) is 11.3 Å². The van der Waals surface area contributed by atoms with Crippen molar-refractivity contribution in [3.8, 4) is 11.8 Å². The minimum absolute atomic E-state index is 0.172. The molecule has 3 aromatic rings. The van der Waals surface area contributed by atoms with Crippen molar-refractivity contribution in [3.05, 3.63) is 54.1 Å². The number of benzene rings is 2. The van der Waals surface area contributed by atoms with E-state index in [1.807, 2.05) is 24.3 Å². The van der Waals surface area contributed by atoms with Crippen LogP contribution < -0.4 is 15.4 Å². The monoisotopic (exact) mass is 411 g/mol. The van der Waals surface area contributed by atoms with Crippen LogP contribution in [0.25, 0.3) is 0 Å². The summed E-state index contributed by atoms with van der Waals surface area (Å²) in [6.07, 6.45) is 0. The third kappa shape index (κ3) is 5.00. The molecule has 142 valence electrons. The fraction of sp³-hybridized carbons (Fsp3) is 0.158. The van der Waals surface area contributed by atoms with Gasteiger partial charge in [-0.15, -0.1) is 10.2 Å². The van der Waals surface area contributed by atoms with E-state index < -0.39 is 0 Å². The van der Waals surface area contributed by atoms with Crippen molar-refractivity contribution < 1.29 is 9.53 Å². The van der Waals surface area contributed by atoms with Gasteiger partial charge in [-0.05, 0) is 37.3 Å². The van der Waals surface area contributed by atoms with Gasteiger partial charge in [-0.3, -0.25) is 4.79 Å². The number of thioether (sulfide) groups is 1. The predicted octanol–water partition coefficient (Wildman–Crippen LogP) is 4.28. The van der Waals surface area contributed by atoms with Gasteiger partial charge in [0.1, 0.15) is 5.75 Å². The van der Waals surface area contributed by atoms with Crippen molar-refractivity contribution >= 4 is 45.5 Å². The van der Waals surface area contributed by atoms with Crippen LogP contribution in [0.2, 0.25) is 0 Å². The number of aromatic nitrogens is 2. The molecule has 0 fully saturated rings. The first-order chi connectivity index (χ1) is 13.6. The molecular formula is C19H17N5O2S2. The molecule has 1 atom stereocenters. The highest BCUT2D eigenvalue weighted by Gasteiger charge is 2.18. The van der Waals surface area contributed by atoms with E-state index in [-0.39, 0.29) is 11.2 Å². The maximum absolute atomic E-state index is 12.4. The number of carbonyl (C=O) groups is 1. The minimum atomic E-state index is -0.377. The number of rotatable bonds is 7. The summed E-state index contributed by atoms with van der Waals surface area (Å²) in [5.41, 5.74) is 1.88. The van der Waals surface area contributed by atoms with Gasteiger partial charge in [0.15, 0.2) is 4.34 Å². The Labute approximate surface area is 170 Å². The lowest BCUT2D eigenvalue weighted by atomic mass is 10.2. The number of nitrogens with one attached hydrogen (secondary N) is 2. The second kappa shape index (κ2) is 9.21. The highest BCUT2D eigenvalue weighted by Crippen LogP contribution is 2.33. The smallest absolute Gasteiger partial charge is 0.237 e. The van der Waals surface area contributed by atoms with E-state index in [4.69, 9.17) is 10.00 Å². The average molecular weight is 412 g/mol. The second-order valence-electron chi connectivity index (χ2n) is 5.64. The van der Waals surface area contributed by atoms with Crippen molar-refractivity contribution in [2.45, 2.75) is 16.5 Å². The lowest BCUT2D eigenvalue weighted by Gasteiger charge is -2.10. The Morgan fingerprint density at radius 3 is 2.86 bits per heavy atom. The van der Waals surface area contributed by atoms with E-state index in [9.17, 15) is 4.79 Å². The van der Waals surface area contributed by atoms with Gasteiger partial charge in [-0.25, -0.2) is 0 Å². The predicted molar refractivity (Wildman–Crippen MR) is 111 cm³/mol. The van der Waals surface area contributed by atoms with Gasteiger partial charge in [0.2, 0.25) is 11.0 Å². The maximum atomic E-state index is 12.4. The Kier molecular flexibility index (Phi) is 6.47. The van der Waals surface area contributed by atoms with Crippen LogP contribution in [0.3, 0.4) is 0 Å². The molecular weight excluding hydrogens is 394 g/mol. The van der Waals surface area contributed by atoms with E-state index >= 15 is 0 Å². The quantitative estimate of drug-likeness (QED) is 0.560. The van der Waals surface area contributed by atoms with Gasteiger partial charge in [0.25, 0.3) is 0 Å². The maximum Gasteiger partial charge on any atom is 0.237 e. The van der Waals surface area contributed by atoms with Gasteiger partial charge in [-0.1, -0.05) is 41.3 Å². The van der Waals surface area contributed by atoms with Gasteiger partial charge >= 0.3 is 0 Å². The van der Waals surface area contributed by atoms with E-state index in [0.29, 0.717) is 26.5 Å². The lowest BCUT2D eigenvalue weighted by molar-refractivity contribution is -0.115. The lowest BCUT2D eigenvalue weighted by Crippen LogP contribution is -2.22. The van der Waals surface area contributed by atoms with E-state index in [1.165, 1.54) is 23.1 Å². The molecule has 2 N–H and O–H groups in total. The molecule has 0 radical (unpaired) electrons. The van der Waals surface area contributed by atoms with Gasteiger partial charge < -0.3 is 15.4 Å². The van der Waals surface area contributed by atoms with Crippen LogP contribution in [0.1, 0.15) is 12.5 Å². The Hall–Kier alpha value is -3.09. The summed E-state index contributed by atoms with van der Waals surface area (Å²) in [5.74, 6) is 0.536. The summed E-state index contributed by atoms with van der Waals surface area (Å²) in [4.78, 5) is 12.4. The van der Waals surface area contributed by atoms with Gasteiger partial charge in [0.05, 0.1) is 29.7 Å². The molecule has 1 heterocycles.